The number of benzene rings is 2. The van der Waals surface area contributed by atoms with Crippen molar-refractivity contribution in [3.63, 3.8) is 0 Å². The van der Waals surface area contributed by atoms with Gasteiger partial charge in [-0.25, -0.2) is 5.48 Å². The van der Waals surface area contributed by atoms with E-state index in [4.69, 9.17) is 5.21 Å². The number of fused-ring (bicyclic) bond motifs is 1. The van der Waals surface area contributed by atoms with Crippen LogP contribution in [0, 0.1) is 17.8 Å². The third-order valence-corrected chi connectivity index (χ3v) is 6.58. The van der Waals surface area contributed by atoms with Crippen LogP contribution in [-0.2, 0) is 24.3 Å². The number of nitrogens with zero attached hydrogens (tertiary/aromatic N) is 2. The number of rotatable bonds is 10. The van der Waals surface area contributed by atoms with Gasteiger partial charge in [-0.3, -0.25) is 14.9 Å². The van der Waals surface area contributed by atoms with E-state index in [0.29, 0.717) is 0 Å². The average Bonchev–Trinajstić information content (AvgIpc) is 3.51. The summed E-state index contributed by atoms with van der Waals surface area (Å²) >= 11 is 0. The number of hydrogen-bond donors (Lipinski definition) is 3. The summed E-state index contributed by atoms with van der Waals surface area (Å²) in [7, 11) is 0. The Morgan fingerprint density at radius 2 is 1.82 bits per heavy atom. The Morgan fingerprint density at radius 3 is 2.56 bits per heavy atom. The van der Waals surface area contributed by atoms with E-state index in [1.807, 2.05) is 0 Å². The first-order valence-corrected chi connectivity index (χ1v) is 11.6. The van der Waals surface area contributed by atoms with Gasteiger partial charge in [0.2, 0.25) is 0 Å². The summed E-state index contributed by atoms with van der Waals surface area (Å²) in [4.78, 5) is 17.6. The molecule has 0 spiro atoms. The lowest BCUT2D eigenvalue weighted by molar-refractivity contribution is -0.132. The Balaban J connectivity index is 1.26. The molecule has 6 heteroatoms. The van der Waals surface area contributed by atoms with Gasteiger partial charge in [-0.2, -0.15) is 0 Å². The minimum absolute atomic E-state index is 0.159. The van der Waals surface area contributed by atoms with Gasteiger partial charge < -0.3 is 9.55 Å². The Kier molecular flexibility index (Phi) is 6.48. The van der Waals surface area contributed by atoms with Gasteiger partial charge in [0.15, 0.2) is 0 Å². The van der Waals surface area contributed by atoms with Crippen molar-refractivity contribution < 1.29 is 10.0 Å². The maximum Gasteiger partial charge on any atom is 0.260 e. The molecule has 2 heterocycles. The zero-order valence-corrected chi connectivity index (χ0v) is 18.9. The molecule has 2 atom stereocenters. The molecule has 172 valence electrons. The van der Waals surface area contributed by atoms with E-state index < -0.39 is 11.8 Å². The van der Waals surface area contributed by atoms with Crippen LogP contribution in [0.4, 0.5) is 0 Å². The molecule has 1 aliphatic rings. The lowest BCUT2D eigenvalue weighted by Gasteiger charge is -2.25. The molecule has 2 aromatic carbocycles. The number of aromatic nitrogens is 2. The average molecular weight is 453 g/mol. The quantitative estimate of drug-likeness (QED) is 0.194. The molecule has 0 saturated heterocycles. The number of amides is 1. The topological polar surface area (TPSA) is 73.3 Å². The summed E-state index contributed by atoms with van der Waals surface area (Å²) in [5.74, 6) is 4.78. The van der Waals surface area contributed by atoms with Crippen molar-refractivity contribution in [3.05, 3.63) is 95.9 Å². The van der Waals surface area contributed by atoms with Crippen molar-refractivity contribution in [2.24, 2.45) is 5.92 Å². The SMILES string of the molecule is O=C(NO)C1C#CC1c1ccc(CN(CCc2c[nH]c3ccccc23)CCn2cccc2)cc1. The van der Waals surface area contributed by atoms with Gasteiger partial charge in [0.05, 0.1) is 5.92 Å². The fourth-order valence-corrected chi connectivity index (χ4v) is 4.56. The van der Waals surface area contributed by atoms with E-state index in [-0.39, 0.29) is 5.92 Å². The second kappa shape index (κ2) is 10.0. The highest BCUT2D eigenvalue weighted by Crippen LogP contribution is 2.30. The first-order valence-electron chi connectivity index (χ1n) is 11.6. The number of carbonyl (C=O) groups is 1. The third kappa shape index (κ3) is 4.76. The number of H-pyrrole nitrogens is 1. The van der Waals surface area contributed by atoms with Crippen LogP contribution in [0.3, 0.4) is 0 Å². The van der Waals surface area contributed by atoms with Crippen molar-refractivity contribution >= 4 is 16.8 Å². The Morgan fingerprint density at radius 1 is 1.03 bits per heavy atom. The van der Waals surface area contributed by atoms with Gasteiger partial charge in [0.1, 0.15) is 5.92 Å². The molecule has 5 rings (SSSR count). The standard InChI is InChI=1S/C28H28N4O2/c33-28(30-34)26-12-11-24(26)22-9-7-21(8-10-22)20-32(18-17-31-14-3-4-15-31)16-13-23-19-29-27-6-2-1-5-25(23)27/h1-10,14-15,19,24,26,29,34H,13,16-18,20H2,(H,30,33). The van der Waals surface area contributed by atoms with Crippen LogP contribution < -0.4 is 5.48 Å². The van der Waals surface area contributed by atoms with E-state index in [2.05, 4.69) is 106 Å². The second-order valence-electron chi connectivity index (χ2n) is 8.77. The van der Waals surface area contributed by atoms with E-state index in [9.17, 15) is 4.79 Å². The molecule has 0 saturated carbocycles. The Labute approximate surface area is 199 Å². The lowest BCUT2D eigenvalue weighted by atomic mass is 9.79. The molecular weight excluding hydrogens is 424 g/mol. The Hall–Kier alpha value is -3.79. The maximum absolute atomic E-state index is 11.7. The predicted molar refractivity (Wildman–Crippen MR) is 132 cm³/mol. The van der Waals surface area contributed by atoms with E-state index in [1.54, 1.807) is 5.48 Å². The van der Waals surface area contributed by atoms with E-state index in [1.165, 1.54) is 22.0 Å². The summed E-state index contributed by atoms with van der Waals surface area (Å²) in [5, 5.41) is 10.2. The van der Waals surface area contributed by atoms with Gasteiger partial charge in [0, 0.05) is 55.7 Å². The van der Waals surface area contributed by atoms with Crippen molar-refractivity contribution in [2.45, 2.75) is 25.4 Å². The highest BCUT2D eigenvalue weighted by atomic mass is 16.5. The molecule has 4 aromatic rings. The number of para-hydroxylation sites is 1. The fraction of sp³-hybridized carbons (Fsp3) is 0.250. The van der Waals surface area contributed by atoms with Crippen LogP contribution in [0.25, 0.3) is 10.9 Å². The molecule has 0 bridgehead atoms. The molecule has 2 unspecified atom stereocenters. The first-order chi connectivity index (χ1) is 16.7. The maximum atomic E-state index is 11.7. The monoisotopic (exact) mass is 452 g/mol. The summed E-state index contributed by atoms with van der Waals surface area (Å²) in [6.45, 7) is 3.69. The lowest BCUT2D eigenvalue weighted by Crippen LogP contribution is -2.34. The van der Waals surface area contributed by atoms with Crippen molar-refractivity contribution in [1.82, 2.24) is 19.9 Å². The smallest absolute Gasteiger partial charge is 0.260 e. The zero-order valence-electron chi connectivity index (χ0n) is 18.9. The molecule has 0 radical (unpaired) electrons. The van der Waals surface area contributed by atoms with Crippen LogP contribution in [0.2, 0.25) is 0 Å². The molecule has 1 aliphatic carbocycles. The summed E-state index contributed by atoms with van der Waals surface area (Å²) < 4.78 is 2.21. The summed E-state index contributed by atoms with van der Waals surface area (Å²) in [5.41, 5.74) is 6.47. The minimum Gasteiger partial charge on any atom is -0.361 e. The fourth-order valence-electron chi connectivity index (χ4n) is 4.56. The first kappa shape index (κ1) is 22.0. The molecule has 0 fully saturated rings. The highest BCUT2D eigenvalue weighted by molar-refractivity contribution is 5.84. The van der Waals surface area contributed by atoms with E-state index in [0.717, 1.165) is 38.2 Å². The number of hydrogen-bond acceptors (Lipinski definition) is 3. The van der Waals surface area contributed by atoms with Crippen molar-refractivity contribution in [3.8, 4) is 11.8 Å². The zero-order chi connectivity index (χ0) is 23.3. The van der Waals surface area contributed by atoms with Crippen LogP contribution in [0.15, 0.2) is 79.3 Å². The predicted octanol–water partition coefficient (Wildman–Crippen LogP) is 3.94. The van der Waals surface area contributed by atoms with Crippen LogP contribution in [-0.4, -0.2) is 38.7 Å². The third-order valence-electron chi connectivity index (χ3n) is 6.58. The molecule has 2 aromatic heterocycles. The largest absolute Gasteiger partial charge is 0.361 e. The second-order valence-corrected chi connectivity index (χ2v) is 8.77. The number of hydroxylamine groups is 1. The van der Waals surface area contributed by atoms with Gasteiger partial charge in [-0.1, -0.05) is 54.3 Å². The molecule has 0 aliphatic heterocycles. The number of nitrogens with one attached hydrogen (secondary N) is 2. The molecule has 1 amide bonds. The highest BCUT2D eigenvalue weighted by Gasteiger charge is 2.32. The van der Waals surface area contributed by atoms with Gasteiger partial charge in [0.25, 0.3) is 5.91 Å². The summed E-state index contributed by atoms with van der Waals surface area (Å²) in [6.07, 6.45) is 7.31. The van der Waals surface area contributed by atoms with Crippen molar-refractivity contribution in [1.29, 1.82) is 0 Å². The molecular formula is C28H28N4O2. The number of aromatic amines is 1. The van der Waals surface area contributed by atoms with E-state index >= 15 is 0 Å². The van der Waals surface area contributed by atoms with Gasteiger partial charge in [-0.15, -0.1) is 0 Å². The number of carbonyl (C=O) groups excluding carboxylic acids is 1. The van der Waals surface area contributed by atoms with Crippen LogP contribution >= 0.6 is 0 Å². The minimum atomic E-state index is -0.481. The van der Waals surface area contributed by atoms with Crippen LogP contribution in [0.1, 0.15) is 22.6 Å². The van der Waals surface area contributed by atoms with Crippen LogP contribution in [0.5, 0.6) is 0 Å². The Bertz CT molecular complexity index is 1310. The van der Waals surface area contributed by atoms with Gasteiger partial charge >= 0.3 is 0 Å². The summed E-state index contributed by atoms with van der Waals surface area (Å²) in [6, 6.07) is 20.9. The molecule has 34 heavy (non-hydrogen) atoms. The molecule has 6 nitrogen and oxygen atoms in total. The normalized spacial score (nSPS) is 16.8. The van der Waals surface area contributed by atoms with Gasteiger partial charge in [-0.05, 0) is 41.3 Å². The molecule has 3 N–H and O–H groups in total. The van der Waals surface area contributed by atoms with Crippen molar-refractivity contribution in [2.75, 3.05) is 13.1 Å².